The van der Waals surface area contributed by atoms with Crippen LogP contribution in [-0.2, 0) is 5.41 Å². The molecule has 5 heteroatoms. The number of nitrogens with zero attached hydrogens (tertiary/aromatic N) is 1. The van der Waals surface area contributed by atoms with E-state index in [1.165, 1.54) is 0 Å². The molecule has 0 fully saturated rings. The van der Waals surface area contributed by atoms with Gasteiger partial charge in [-0.05, 0) is 0 Å². The summed E-state index contributed by atoms with van der Waals surface area (Å²) in [6, 6.07) is 1.83. The number of methoxy groups -OCH3 is 1. The molecule has 2 heterocycles. The summed E-state index contributed by atoms with van der Waals surface area (Å²) in [4.78, 5) is 0. The molecule has 0 saturated carbocycles. The molecule has 5 nitrogen and oxygen atoms in total. The molecule has 0 saturated heterocycles. The fourth-order valence-corrected chi connectivity index (χ4v) is 4.00. The molecule has 1 spiro atoms. The number of ether oxygens (including phenoxy) is 2. The highest BCUT2D eigenvalue weighted by molar-refractivity contribution is 5.91. The third kappa shape index (κ3) is 1.66. The Bertz CT molecular complexity index is 710. The van der Waals surface area contributed by atoms with Crippen LogP contribution >= 0.6 is 0 Å². The van der Waals surface area contributed by atoms with E-state index >= 15 is 0 Å². The number of anilines is 1. The zero-order valence-electron chi connectivity index (χ0n) is 12.9. The summed E-state index contributed by atoms with van der Waals surface area (Å²) >= 11 is 0. The topological polar surface area (TPSA) is 67.7 Å². The predicted molar refractivity (Wildman–Crippen MR) is 84.1 cm³/mol. The summed E-state index contributed by atoms with van der Waals surface area (Å²) < 4.78 is 13.9. The van der Waals surface area contributed by atoms with Gasteiger partial charge in [-0.3, -0.25) is 0 Å². The van der Waals surface area contributed by atoms with Crippen LogP contribution in [0.1, 0.15) is 24.0 Å². The maximum atomic E-state index is 9.99. The zero-order valence-corrected chi connectivity index (χ0v) is 12.9. The highest BCUT2D eigenvalue weighted by Gasteiger charge is 2.53. The Balaban J connectivity index is 2.03. The molecule has 2 aliphatic heterocycles. The number of rotatable bonds is 1. The average molecular weight is 301 g/mol. The molecule has 4 rings (SSSR count). The van der Waals surface area contributed by atoms with Gasteiger partial charge in [0, 0.05) is 30.2 Å². The van der Waals surface area contributed by atoms with Crippen molar-refractivity contribution in [2.75, 3.05) is 26.4 Å². The number of nitrogens with two attached hydrogens (primary N) is 1. The molecule has 3 N–H and O–H groups in total. The first-order valence-corrected chi connectivity index (χ1v) is 7.65. The first kappa shape index (κ1) is 13.6. The lowest BCUT2D eigenvalue weighted by Gasteiger charge is -2.34. The van der Waals surface area contributed by atoms with Crippen molar-refractivity contribution in [1.82, 2.24) is 0 Å². The Labute approximate surface area is 129 Å². The standard InChI is InChI=1S/C17H20N2O3/c1-19-6-5-17-4-3-10(20)7-14(17)22-16-13(21-2)8-12(18)11(9-19)15(16)17/h3-4,8-10,14,18,20H,5-7H2,1-2H3/p+1/t10-,14+,17+/m0/s1. The molecule has 3 atom stereocenters. The molecule has 1 aromatic carbocycles. The van der Waals surface area contributed by atoms with Crippen molar-refractivity contribution >= 4 is 11.9 Å². The van der Waals surface area contributed by atoms with E-state index in [4.69, 9.17) is 15.2 Å². The monoisotopic (exact) mass is 301 g/mol. The van der Waals surface area contributed by atoms with Gasteiger partial charge in [-0.25, -0.2) is 4.58 Å². The molecule has 0 aromatic heterocycles. The SMILES string of the molecule is COc1cc(N)c2c3c1O[C@@H]1C[C@@H](O)C=C[C@]31CC[N+](C)=C2. The molecule has 0 amide bonds. The molecule has 0 bridgehead atoms. The molecule has 3 aliphatic rings. The van der Waals surface area contributed by atoms with Gasteiger partial charge in [0.05, 0.1) is 24.2 Å². The summed E-state index contributed by atoms with van der Waals surface area (Å²) in [5.41, 5.74) is 8.89. The number of aliphatic hydroxyl groups is 1. The summed E-state index contributed by atoms with van der Waals surface area (Å²) in [6.07, 6.45) is 7.09. The minimum atomic E-state index is -0.457. The van der Waals surface area contributed by atoms with Crippen LogP contribution in [0.3, 0.4) is 0 Å². The van der Waals surface area contributed by atoms with E-state index in [9.17, 15) is 5.11 Å². The normalized spacial score (nSPS) is 31.7. The number of benzene rings is 1. The average Bonchev–Trinajstić information content (AvgIpc) is 2.74. The fraction of sp³-hybridized carbons (Fsp3) is 0.471. The van der Waals surface area contributed by atoms with Crippen molar-refractivity contribution in [3.8, 4) is 11.5 Å². The minimum absolute atomic E-state index is 0.0724. The van der Waals surface area contributed by atoms with Crippen LogP contribution in [0.15, 0.2) is 18.2 Å². The lowest BCUT2D eigenvalue weighted by Crippen LogP contribution is -2.42. The van der Waals surface area contributed by atoms with E-state index < -0.39 is 6.10 Å². The third-order valence-corrected chi connectivity index (χ3v) is 5.14. The molecule has 1 aliphatic carbocycles. The summed E-state index contributed by atoms with van der Waals surface area (Å²) in [7, 11) is 3.69. The Hall–Kier alpha value is -2.01. The van der Waals surface area contributed by atoms with Crippen LogP contribution < -0.4 is 15.2 Å². The van der Waals surface area contributed by atoms with E-state index in [1.807, 2.05) is 12.1 Å². The molecule has 22 heavy (non-hydrogen) atoms. The number of hydrogen-bond donors (Lipinski definition) is 2. The predicted octanol–water partition coefficient (Wildman–Crippen LogP) is 1.06. The summed E-state index contributed by atoms with van der Waals surface area (Å²) in [5.74, 6) is 1.45. The Morgan fingerprint density at radius 3 is 3.09 bits per heavy atom. The van der Waals surface area contributed by atoms with Gasteiger partial charge in [-0.15, -0.1) is 0 Å². The molecule has 0 radical (unpaired) electrons. The number of nitrogen functional groups attached to an aromatic ring is 1. The molecule has 1 aromatic rings. The first-order valence-electron chi connectivity index (χ1n) is 7.65. The van der Waals surface area contributed by atoms with Crippen molar-refractivity contribution < 1.29 is 19.2 Å². The second kappa shape index (κ2) is 4.49. The van der Waals surface area contributed by atoms with Gasteiger partial charge < -0.3 is 20.3 Å². The van der Waals surface area contributed by atoms with Crippen LogP contribution in [0.4, 0.5) is 5.69 Å². The number of hydrogen-bond acceptors (Lipinski definition) is 4. The van der Waals surface area contributed by atoms with Crippen LogP contribution in [0.2, 0.25) is 0 Å². The van der Waals surface area contributed by atoms with Crippen molar-refractivity contribution in [2.24, 2.45) is 0 Å². The fourth-order valence-electron chi connectivity index (χ4n) is 4.00. The van der Waals surface area contributed by atoms with Crippen molar-refractivity contribution in [1.29, 1.82) is 0 Å². The second-order valence-corrected chi connectivity index (χ2v) is 6.45. The van der Waals surface area contributed by atoms with Gasteiger partial charge in [0.25, 0.3) is 0 Å². The summed E-state index contributed by atoms with van der Waals surface area (Å²) in [6.45, 7) is 0.913. The third-order valence-electron chi connectivity index (χ3n) is 5.14. The zero-order chi connectivity index (χ0) is 15.5. The van der Waals surface area contributed by atoms with Gasteiger partial charge in [0.15, 0.2) is 17.7 Å². The quantitative estimate of drug-likeness (QED) is 0.462. The maximum absolute atomic E-state index is 9.99. The van der Waals surface area contributed by atoms with Gasteiger partial charge in [0.2, 0.25) is 0 Å². The van der Waals surface area contributed by atoms with E-state index in [0.717, 1.165) is 29.8 Å². The van der Waals surface area contributed by atoms with Crippen LogP contribution in [0.5, 0.6) is 11.5 Å². The molecule has 116 valence electrons. The van der Waals surface area contributed by atoms with Crippen LogP contribution in [-0.4, -0.2) is 48.8 Å². The van der Waals surface area contributed by atoms with E-state index in [2.05, 4.69) is 23.9 Å². The maximum Gasteiger partial charge on any atom is 0.173 e. The highest BCUT2D eigenvalue weighted by atomic mass is 16.5. The number of aliphatic hydroxyl groups excluding tert-OH is 1. The summed E-state index contributed by atoms with van der Waals surface area (Å²) in [5, 5.41) is 9.99. The van der Waals surface area contributed by atoms with Gasteiger partial charge >= 0.3 is 0 Å². The Morgan fingerprint density at radius 2 is 2.32 bits per heavy atom. The van der Waals surface area contributed by atoms with Gasteiger partial charge in [0.1, 0.15) is 19.7 Å². The van der Waals surface area contributed by atoms with Crippen molar-refractivity contribution in [3.05, 3.63) is 29.3 Å². The van der Waals surface area contributed by atoms with E-state index in [0.29, 0.717) is 17.9 Å². The Kier molecular flexibility index (Phi) is 2.78. The minimum Gasteiger partial charge on any atom is -0.493 e. The molecule has 0 unspecified atom stereocenters. The largest absolute Gasteiger partial charge is 0.493 e. The van der Waals surface area contributed by atoms with E-state index in [-0.39, 0.29) is 11.5 Å². The van der Waals surface area contributed by atoms with Crippen molar-refractivity contribution in [3.63, 3.8) is 0 Å². The van der Waals surface area contributed by atoms with Gasteiger partial charge in [-0.1, -0.05) is 12.2 Å². The lowest BCUT2D eigenvalue weighted by molar-refractivity contribution is -0.493. The molecular formula is C17H21N2O3+. The Morgan fingerprint density at radius 1 is 1.50 bits per heavy atom. The molecular weight excluding hydrogens is 280 g/mol. The van der Waals surface area contributed by atoms with Crippen LogP contribution in [0.25, 0.3) is 0 Å². The lowest BCUT2D eigenvalue weighted by atomic mass is 9.69. The smallest absolute Gasteiger partial charge is 0.173 e. The highest BCUT2D eigenvalue weighted by Crippen LogP contribution is 2.56. The van der Waals surface area contributed by atoms with E-state index in [1.54, 1.807) is 7.11 Å². The van der Waals surface area contributed by atoms with Gasteiger partial charge in [-0.2, -0.15) is 0 Å². The van der Waals surface area contributed by atoms with Crippen molar-refractivity contribution in [2.45, 2.75) is 30.5 Å². The second-order valence-electron chi connectivity index (χ2n) is 6.45. The van der Waals surface area contributed by atoms with Crippen LogP contribution in [0, 0.1) is 0 Å². The first-order chi connectivity index (χ1) is 10.5.